The number of carbonyl (C=O) groups is 2. The van der Waals surface area contributed by atoms with E-state index in [4.69, 9.17) is 11.6 Å². The van der Waals surface area contributed by atoms with Crippen molar-refractivity contribution in [2.75, 3.05) is 31.1 Å². The lowest BCUT2D eigenvalue weighted by molar-refractivity contribution is -0.119. The molecular formula is C28H34ClN3O2. The van der Waals surface area contributed by atoms with Crippen LogP contribution < -0.4 is 4.90 Å². The van der Waals surface area contributed by atoms with Gasteiger partial charge in [0.2, 0.25) is 5.91 Å². The summed E-state index contributed by atoms with van der Waals surface area (Å²) >= 11 is 5.99. The minimum atomic E-state index is -0.138. The van der Waals surface area contributed by atoms with Crippen LogP contribution in [0.4, 0.5) is 5.69 Å². The van der Waals surface area contributed by atoms with E-state index in [0.29, 0.717) is 29.6 Å². The van der Waals surface area contributed by atoms with Crippen LogP contribution in [0.2, 0.25) is 5.02 Å². The van der Waals surface area contributed by atoms with Gasteiger partial charge in [-0.05, 0) is 87.0 Å². The van der Waals surface area contributed by atoms with Crippen LogP contribution in [-0.2, 0) is 11.3 Å². The van der Waals surface area contributed by atoms with Crippen molar-refractivity contribution in [2.45, 2.75) is 57.5 Å². The Labute approximate surface area is 207 Å². The lowest BCUT2D eigenvalue weighted by Crippen LogP contribution is -2.42. The van der Waals surface area contributed by atoms with Crippen molar-refractivity contribution >= 4 is 29.1 Å². The minimum absolute atomic E-state index is 0.00402. The summed E-state index contributed by atoms with van der Waals surface area (Å²) in [5.41, 5.74) is 2.52. The fraction of sp³-hybridized carbons (Fsp3) is 0.500. The average Bonchev–Trinajstić information content (AvgIpc) is 3.35. The first-order chi connectivity index (χ1) is 16.6. The van der Waals surface area contributed by atoms with Crippen molar-refractivity contribution in [1.82, 2.24) is 9.80 Å². The number of benzene rings is 2. The maximum Gasteiger partial charge on any atom is 0.254 e. The van der Waals surface area contributed by atoms with E-state index in [0.717, 1.165) is 23.7 Å². The van der Waals surface area contributed by atoms with Crippen LogP contribution in [0.5, 0.6) is 0 Å². The first-order valence-corrected chi connectivity index (χ1v) is 13.1. The first kappa shape index (κ1) is 23.4. The Morgan fingerprint density at radius 2 is 1.62 bits per heavy atom. The number of amides is 2. The Bertz CT molecular complexity index is 1010. The maximum atomic E-state index is 13.4. The van der Waals surface area contributed by atoms with Gasteiger partial charge in [0.25, 0.3) is 5.91 Å². The van der Waals surface area contributed by atoms with Crippen molar-refractivity contribution in [1.29, 1.82) is 0 Å². The molecule has 34 heavy (non-hydrogen) atoms. The summed E-state index contributed by atoms with van der Waals surface area (Å²) in [5, 5.41) is 0.592. The Morgan fingerprint density at radius 1 is 0.912 bits per heavy atom. The number of likely N-dealkylation sites (tertiary alicyclic amines) is 1. The lowest BCUT2D eigenvalue weighted by Gasteiger charge is -2.36. The zero-order chi connectivity index (χ0) is 23.5. The predicted molar refractivity (Wildman–Crippen MR) is 136 cm³/mol. The molecule has 0 unspecified atom stereocenters. The van der Waals surface area contributed by atoms with E-state index in [1.54, 1.807) is 29.2 Å². The number of anilines is 1. The molecule has 0 N–H and O–H groups in total. The average molecular weight is 480 g/mol. The summed E-state index contributed by atoms with van der Waals surface area (Å²) in [6, 6.07) is 15.7. The molecule has 3 aliphatic rings. The van der Waals surface area contributed by atoms with E-state index in [-0.39, 0.29) is 18.4 Å². The lowest BCUT2D eigenvalue weighted by atomic mass is 9.92. The summed E-state index contributed by atoms with van der Waals surface area (Å²) in [7, 11) is 0. The molecule has 0 atom stereocenters. The normalized spacial score (nSPS) is 20.4. The zero-order valence-electron chi connectivity index (χ0n) is 19.8. The topological polar surface area (TPSA) is 43.9 Å². The van der Waals surface area contributed by atoms with E-state index in [9.17, 15) is 9.59 Å². The predicted octanol–water partition coefficient (Wildman–Crippen LogP) is 5.37. The van der Waals surface area contributed by atoms with Gasteiger partial charge in [0.05, 0.1) is 0 Å². The molecule has 2 fully saturated rings. The molecule has 1 aliphatic carbocycles. The van der Waals surface area contributed by atoms with Gasteiger partial charge in [0.15, 0.2) is 0 Å². The quantitative estimate of drug-likeness (QED) is 0.578. The highest BCUT2D eigenvalue weighted by molar-refractivity contribution is 6.30. The summed E-state index contributed by atoms with van der Waals surface area (Å²) in [6.45, 7) is 3.63. The van der Waals surface area contributed by atoms with Gasteiger partial charge in [0, 0.05) is 35.4 Å². The Kier molecular flexibility index (Phi) is 7.21. The molecule has 2 heterocycles. The Morgan fingerprint density at radius 3 is 2.35 bits per heavy atom. The Hall–Kier alpha value is -2.37. The van der Waals surface area contributed by atoms with Crippen LogP contribution in [0.15, 0.2) is 48.5 Å². The van der Waals surface area contributed by atoms with Crippen molar-refractivity contribution in [3.05, 3.63) is 64.7 Å². The SMILES string of the molecule is O=C(c1ccc(Cl)cc1)N1CC(=O)N(CCC2CCN(C3CCCC3)CC2)c2ccccc2C1. The molecule has 2 aromatic rings. The van der Waals surface area contributed by atoms with Gasteiger partial charge in [-0.1, -0.05) is 42.6 Å². The van der Waals surface area contributed by atoms with Gasteiger partial charge >= 0.3 is 0 Å². The van der Waals surface area contributed by atoms with Crippen molar-refractivity contribution in [3.8, 4) is 0 Å². The van der Waals surface area contributed by atoms with Gasteiger partial charge in [-0.15, -0.1) is 0 Å². The fourth-order valence-electron chi connectivity index (χ4n) is 5.90. The number of fused-ring (bicyclic) bond motifs is 1. The zero-order valence-corrected chi connectivity index (χ0v) is 20.6. The minimum Gasteiger partial charge on any atom is -0.325 e. The molecule has 6 heteroatoms. The highest BCUT2D eigenvalue weighted by Gasteiger charge is 2.31. The smallest absolute Gasteiger partial charge is 0.254 e. The van der Waals surface area contributed by atoms with E-state index >= 15 is 0 Å². The number of rotatable bonds is 5. The molecule has 0 bridgehead atoms. The first-order valence-electron chi connectivity index (χ1n) is 12.8. The second-order valence-electron chi connectivity index (χ2n) is 10.0. The van der Waals surface area contributed by atoms with E-state index in [2.05, 4.69) is 4.90 Å². The third kappa shape index (κ3) is 5.16. The Balaban J connectivity index is 1.25. The van der Waals surface area contributed by atoms with Crippen molar-refractivity contribution in [2.24, 2.45) is 5.92 Å². The largest absolute Gasteiger partial charge is 0.325 e. The number of halogens is 1. The van der Waals surface area contributed by atoms with Crippen LogP contribution in [-0.4, -0.2) is 53.8 Å². The van der Waals surface area contributed by atoms with Crippen LogP contribution >= 0.6 is 11.6 Å². The van der Waals surface area contributed by atoms with Gasteiger partial charge in [0.1, 0.15) is 6.54 Å². The van der Waals surface area contributed by atoms with Crippen LogP contribution in [0, 0.1) is 5.92 Å². The molecule has 1 saturated carbocycles. The summed E-state index contributed by atoms with van der Waals surface area (Å²) < 4.78 is 0. The second-order valence-corrected chi connectivity index (χ2v) is 10.5. The third-order valence-corrected chi connectivity index (χ3v) is 8.15. The highest BCUT2D eigenvalue weighted by Crippen LogP contribution is 2.31. The summed E-state index contributed by atoms with van der Waals surface area (Å²) in [4.78, 5) is 32.8. The molecule has 2 aromatic carbocycles. The number of carbonyl (C=O) groups excluding carboxylic acids is 2. The molecule has 5 rings (SSSR count). The molecule has 1 saturated heterocycles. The highest BCUT2D eigenvalue weighted by atomic mass is 35.5. The van der Waals surface area contributed by atoms with E-state index in [1.807, 2.05) is 29.2 Å². The third-order valence-electron chi connectivity index (χ3n) is 7.90. The van der Waals surface area contributed by atoms with Crippen molar-refractivity contribution in [3.63, 3.8) is 0 Å². The number of nitrogens with zero attached hydrogens (tertiary/aromatic N) is 3. The molecule has 0 aromatic heterocycles. The monoisotopic (exact) mass is 479 g/mol. The van der Waals surface area contributed by atoms with Crippen molar-refractivity contribution < 1.29 is 9.59 Å². The van der Waals surface area contributed by atoms with Crippen LogP contribution in [0.1, 0.15) is 60.9 Å². The van der Waals surface area contributed by atoms with Gasteiger partial charge in [-0.2, -0.15) is 0 Å². The number of hydrogen-bond donors (Lipinski definition) is 0. The van der Waals surface area contributed by atoms with E-state index in [1.165, 1.54) is 51.6 Å². The fourth-order valence-corrected chi connectivity index (χ4v) is 6.03. The van der Waals surface area contributed by atoms with Gasteiger partial charge < -0.3 is 14.7 Å². The van der Waals surface area contributed by atoms with Gasteiger partial charge in [-0.3, -0.25) is 9.59 Å². The molecule has 2 amide bonds. The molecular weight excluding hydrogens is 446 g/mol. The van der Waals surface area contributed by atoms with Crippen LogP contribution in [0.25, 0.3) is 0 Å². The molecule has 0 radical (unpaired) electrons. The molecule has 0 spiro atoms. The molecule has 2 aliphatic heterocycles. The molecule has 180 valence electrons. The summed E-state index contributed by atoms with van der Waals surface area (Å²) in [5.74, 6) is 0.518. The maximum absolute atomic E-state index is 13.4. The van der Waals surface area contributed by atoms with E-state index < -0.39 is 0 Å². The number of hydrogen-bond acceptors (Lipinski definition) is 3. The summed E-state index contributed by atoms with van der Waals surface area (Å²) in [6.07, 6.45) is 8.98. The number of piperidine rings is 1. The van der Waals surface area contributed by atoms with Crippen LogP contribution in [0.3, 0.4) is 0 Å². The molecule has 5 nitrogen and oxygen atoms in total. The standard InChI is InChI=1S/C28H34ClN3O2/c29-24-11-9-22(10-12-24)28(34)31-19-23-5-1-4-8-26(23)32(27(33)20-31)18-15-21-13-16-30(17-14-21)25-6-2-3-7-25/h1,4-5,8-12,21,25H,2-3,6-7,13-20H2. The number of para-hydroxylation sites is 1. The van der Waals surface area contributed by atoms with Gasteiger partial charge in [-0.25, -0.2) is 0 Å². The second kappa shape index (κ2) is 10.5.